The van der Waals surface area contributed by atoms with Crippen LogP contribution in [0.25, 0.3) is 0 Å². The van der Waals surface area contributed by atoms with Gasteiger partial charge in [-0.1, -0.05) is 66.7 Å². The summed E-state index contributed by atoms with van der Waals surface area (Å²) in [7, 11) is 1.61. The number of hydrogen-bond acceptors (Lipinski definition) is 9. The summed E-state index contributed by atoms with van der Waals surface area (Å²) in [4.78, 5) is 13.4. The largest absolute Gasteiger partial charge is 0.493 e. The highest BCUT2D eigenvalue weighted by molar-refractivity contribution is 5.81. The van der Waals surface area contributed by atoms with Gasteiger partial charge in [0.25, 0.3) is 0 Å². The van der Waals surface area contributed by atoms with Crippen molar-refractivity contribution in [2.75, 3.05) is 23.2 Å². The highest BCUT2D eigenvalue weighted by Gasteiger charge is 2.08. The number of aromatic nitrogens is 3. The predicted octanol–water partition coefficient (Wildman–Crippen LogP) is 6.39. The Balaban J connectivity index is 1.30. The Kier molecular flexibility index (Phi) is 8.20. The Morgan fingerprint density at radius 3 is 1.82 bits per heavy atom. The van der Waals surface area contributed by atoms with Crippen molar-refractivity contribution in [3.05, 3.63) is 120 Å². The average Bonchev–Trinajstić information content (AvgIpc) is 2.98. The van der Waals surface area contributed by atoms with Crippen LogP contribution in [0.1, 0.15) is 11.1 Å². The van der Waals surface area contributed by atoms with Gasteiger partial charge in [-0.15, -0.1) is 0 Å². The first-order valence-corrected chi connectivity index (χ1v) is 12.3. The molecule has 39 heavy (non-hydrogen) atoms. The number of rotatable bonds is 11. The second-order valence-corrected chi connectivity index (χ2v) is 8.34. The molecular weight excluding hydrogens is 490 g/mol. The fourth-order valence-corrected chi connectivity index (χ4v) is 3.62. The van der Waals surface area contributed by atoms with Crippen LogP contribution in [0.3, 0.4) is 0 Å². The Hall–Kier alpha value is -5.44. The second kappa shape index (κ2) is 12.7. The molecule has 0 saturated heterocycles. The Labute approximate surface area is 226 Å². The zero-order valence-electron chi connectivity index (χ0n) is 21.3. The van der Waals surface area contributed by atoms with Crippen molar-refractivity contribution in [3.63, 3.8) is 0 Å². The van der Waals surface area contributed by atoms with E-state index in [9.17, 15) is 0 Å². The number of nitrogens with zero attached hydrogens (tertiary/aromatic N) is 4. The summed E-state index contributed by atoms with van der Waals surface area (Å²) in [6.07, 6.45) is 1.65. The third kappa shape index (κ3) is 7.30. The van der Waals surface area contributed by atoms with E-state index >= 15 is 0 Å². The lowest BCUT2D eigenvalue weighted by atomic mass is 10.2. The van der Waals surface area contributed by atoms with E-state index in [1.165, 1.54) is 0 Å². The van der Waals surface area contributed by atoms with E-state index in [0.29, 0.717) is 30.0 Å². The number of nitrogens with one attached hydrogen (secondary N) is 3. The average molecular weight is 518 g/mol. The van der Waals surface area contributed by atoms with Crippen LogP contribution in [-0.4, -0.2) is 28.3 Å². The molecule has 0 amide bonds. The molecule has 0 unspecified atom stereocenters. The van der Waals surface area contributed by atoms with Crippen LogP contribution in [0.15, 0.2) is 114 Å². The van der Waals surface area contributed by atoms with Gasteiger partial charge < -0.3 is 20.1 Å². The number of benzene rings is 4. The molecule has 0 aliphatic rings. The van der Waals surface area contributed by atoms with E-state index in [0.717, 1.165) is 22.5 Å². The van der Waals surface area contributed by atoms with Gasteiger partial charge in [0, 0.05) is 11.4 Å². The zero-order chi connectivity index (χ0) is 26.7. The molecule has 9 heteroatoms. The number of ether oxygens (including phenoxy) is 2. The summed E-state index contributed by atoms with van der Waals surface area (Å²) < 4.78 is 11.5. The van der Waals surface area contributed by atoms with Gasteiger partial charge in [0.2, 0.25) is 17.8 Å². The van der Waals surface area contributed by atoms with E-state index in [4.69, 9.17) is 9.47 Å². The molecule has 194 valence electrons. The van der Waals surface area contributed by atoms with Crippen LogP contribution in [0.2, 0.25) is 0 Å². The monoisotopic (exact) mass is 517 g/mol. The minimum absolute atomic E-state index is 0.271. The Morgan fingerprint density at radius 1 is 0.667 bits per heavy atom. The fourth-order valence-electron chi connectivity index (χ4n) is 3.62. The molecule has 5 aromatic rings. The van der Waals surface area contributed by atoms with Crippen molar-refractivity contribution < 1.29 is 9.47 Å². The molecular formula is C30H27N7O2. The van der Waals surface area contributed by atoms with E-state index in [2.05, 4.69) is 36.1 Å². The molecule has 0 fully saturated rings. The van der Waals surface area contributed by atoms with E-state index in [1.54, 1.807) is 13.3 Å². The van der Waals surface area contributed by atoms with Crippen molar-refractivity contribution in [1.82, 2.24) is 15.0 Å². The van der Waals surface area contributed by atoms with Crippen LogP contribution in [0, 0.1) is 0 Å². The van der Waals surface area contributed by atoms with E-state index < -0.39 is 0 Å². The minimum Gasteiger partial charge on any atom is -0.493 e. The minimum atomic E-state index is 0.271. The highest BCUT2D eigenvalue weighted by atomic mass is 16.5. The van der Waals surface area contributed by atoms with Crippen molar-refractivity contribution in [2.45, 2.75) is 6.61 Å². The molecule has 1 heterocycles. The van der Waals surface area contributed by atoms with Gasteiger partial charge in [0.15, 0.2) is 11.5 Å². The van der Waals surface area contributed by atoms with Crippen molar-refractivity contribution in [1.29, 1.82) is 0 Å². The van der Waals surface area contributed by atoms with Crippen molar-refractivity contribution in [2.24, 2.45) is 5.10 Å². The van der Waals surface area contributed by atoms with E-state index in [-0.39, 0.29) is 5.95 Å². The maximum Gasteiger partial charge on any atom is 0.250 e. The molecule has 1 aromatic heterocycles. The smallest absolute Gasteiger partial charge is 0.250 e. The molecule has 4 aromatic carbocycles. The SMILES string of the molecule is COc1cc(/C=N\Nc2nc(Nc3ccccc3)nc(Nc3ccccc3)n2)ccc1OCc1ccccc1. The number of para-hydroxylation sites is 2. The predicted molar refractivity (Wildman–Crippen MR) is 154 cm³/mol. The molecule has 0 bridgehead atoms. The molecule has 0 atom stereocenters. The van der Waals surface area contributed by atoms with Crippen LogP contribution >= 0.6 is 0 Å². The van der Waals surface area contributed by atoms with Gasteiger partial charge in [-0.05, 0) is 53.6 Å². The first kappa shape index (κ1) is 25.2. The quantitative estimate of drug-likeness (QED) is 0.137. The molecule has 0 aliphatic heterocycles. The van der Waals surface area contributed by atoms with Gasteiger partial charge in [0.1, 0.15) is 6.61 Å². The van der Waals surface area contributed by atoms with Crippen molar-refractivity contribution >= 4 is 35.4 Å². The molecule has 0 spiro atoms. The molecule has 0 saturated carbocycles. The lowest BCUT2D eigenvalue weighted by Gasteiger charge is -2.11. The fraction of sp³-hybridized carbons (Fsp3) is 0.0667. The van der Waals surface area contributed by atoms with Crippen LogP contribution in [0.5, 0.6) is 11.5 Å². The molecule has 5 rings (SSSR count). The topological polar surface area (TPSA) is 106 Å². The number of hydrazone groups is 1. The first-order valence-electron chi connectivity index (χ1n) is 12.3. The second-order valence-electron chi connectivity index (χ2n) is 8.34. The summed E-state index contributed by atoms with van der Waals surface area (Å²) in [5, 5.41) is 10.7. The van der Waals surface area contributed by atoms with Crippen LogP contribution in [-0.2, 0) is 6.61 Å². The number of anilines is 5. The zero-order valence-corrected chi connectivity index (χ0v) is 21.3. The van der Waals surface area contributed by atoms with Crippen molar-refractivity contribution in [3.8, 4) is 11.5 Å². The van der Waals surface area contributed by atoms with Gasteiger partial charge in [0.05, 0.1) is 13.3 Å². The summed E-state index contributed by atoms with van der Waals surface area (Å²) in [5.41, 5.74) is 6.49. The molecule has 3 N–H and O–H groups in total. The first-order chi connectivity index (χ1) is 19.2. The summed E-state index contributed by atoms with van der Waals surface area (Å²) in [6, 6.07) is 34.9. The standard InChI is InChI=1S/C30H27N7O2/c1-38-27-19-23(17-18-26(27)39-21-22-11-5-2-6-12-22)20-31-37-30-35-28(32-24-13-7-3-8-14-24)34-29(36-30)33-25-15-9-4-10-16-25/h2-20H,21H2,1H3,(H3,32,33,34,35,36,37)/b31-20-. The third-order valence-corrected chi connectivity index (χ3v) is 5.50. The molecule has 9 nitrogen and oxygen atoms in total. The summed E-state index contributed by atoms with van der Waals surface area (Å²) >= 11 is 0. The lowest BCUT2D eigenvalue weighted by molar-refractivity contribution is 0.284. The summed E-state index contributed by atoms with van der Waals surface area (Å²) in [6.45, 7) is 0.449. The normalized spacial score (nSPS) is 10.7. The van der Waals surface area contributed by atoms with E-state index in [1.807, 2.05) is 109 Å². The van der Waals surface area contributed by atoms with Gasteiger partial charge in [-0.2, -0.15) is 20.1 Å². The highest BCUT2D eigenvalue weighted by Crippen LogP contribution is 2.28. The Morgan fingerprint density at radius 2 is 1.23 bits per heavy atom. The third-order valence-electron chi connectivity index (χ3n) is 5.50. The van der Waals surface area contributed by atoms with Crippen LogP contribution < -0.4 is 25.5 Å². The molecule has 0 radical (unpaired) electrons. The van der Waals surface area contributed by atoms with Gasteiger partial charge in [-0.25, -0.2) is 5.43 Å². The van der Waals surface area contributed by atoms with Crippen LogP contribution in [0.4, 0.5) is 29.2 Å². The maximum atomic E-state index is 5.94. The summed E-state index contributed by atoms with van der Waals surface area (Å²) in [5.74, 6) is 2.27. The Bertz CT molecular complexity index is 1460. The molecule has 0 aliphatic carbocycles. The van der Waals surface area contributed by atoms with Gasteiger partial charge >= 0.3 is 0 Å². The number of hydrogen-bond donors (Lipinski definition) is 3. The lowest BCUT2D eigenvalue weighted by Crippen LogP contribution is -2.07. The maximum absolute atomic E-state index is 5.94. The number of methoxy groups -OCH3 is 1. The van der Waals surface area contributed by atoms with Gasteiger partial charge in [-0.3, -0.25) is 0 Å².